The van der Waals surface area contributed by atoms with Gasteiger partial charge in [0.15, 0.2) is 0 Å². The van der Waals surface area contributed by atoms with Gasteiger partial charge in [0.2, 0.25) is 5.91 Å². The standard InChI is InChI=1S/C12H20N2O/c1-3-9(2)14-12(15)11-6-4-10(8-13)5-7-11/h1,9-11H,4-8,13H2,2H3,(H,14,15). The lowest BCUT2D eigenvalue weighted by Crippen LogP contribution is -2.38. The van der Waals surface area contributed by atoms with Gasteiger partial charge in [-0.2, -0.15) is 0 Å². The number of hydrogen-bond acceptors (Lipinski definition) is 2. The average molecular weight is 208 g/mol. The monoisotopic (exact) mass is 208 g/mol. The van der Waals surface area contributed by atoms with E-state index in [1.54, 1.807) is 0 Å². The van der Waals surface area contributed by atoms with Gasteiger partial charge in [-0.3, -0.25) is 4.79 Å². The van der Waals surface area contributed by atoms with Crippen molar-refractivity contribution in [2.75, 3.05) is 6.54 Å². The molecule has 0 saturated heterocycles. The third-order valence-electron chi connectivity index (χ3n) is 3.16. The maximum absolute atomic E-state index is 11.7. The van der Waals surface area contributed by atoms with Crippen LogP contribution in [0.15, 0.2) is 0 Å². The van der Waals surface area contributed by atoms with E-state index in [9.17, 15) is 4.79 Å². The van der Waals surface area contributed by atoms with Crippen LogP contribution in [0.2, 0.25) is 0 Å². The molecular weight excluding hydrogens is 188 g/mol. The van der Waals surface area contributed by atoms with Crippen LogP contribution in [0.3, 0.4) is 0 Å². The Balaban J connectivity index is 2.34. The fraction of sp³-hybridized carbons (Fsp3) is 0.750. The summed E-state index contributed by atoms with van der Waals surface area (Å²) in [6.45, 7) is 2.57. The van der Waals surface area contributed by atoms with Gasteiger partial charge in [0.05, 0.1) is 6.04 Å². The largest absolute Gasteiger partial charge is 0.343 e. The second-order valence-electron chi connectivity index (χ2n) is 4.35. The normalized spacial score (nSPS) is 27.8. The Morgan fingerprint density at radius 3 is 2.60 bits per heavy atom. The number of amides is 1. The van der Waals surface area contributed by atoms with Crippen LogP contribution in [0.5, 0.6) is 0 Å². The van der Waals surface area contributed by atoms with Crippen molar-refractivity contribution in [2.45, 2.75) is 38.6 Å². The van der Waals surface area contributed by atoms with Crippen LogP contribution in [0.25, 0.3) is 0 Å². The molecule has 3 nitrogen and oxygen atoms in total. The van der Waals surface area contributed by atoms with Crippen molar-refractivity contribution >= 4 is 5.91 Å². The molecule has 0 aromatic carbocycles. The van der Waals surface area contributed by atoms with Crippen LogP contribution in [0.1, 0.15) is 32.6 Å². The third-order valence-corrected chi connectivity index (χ3v) is 3.16. The molecule has 0 bridgehead atoms. The SMILES string of the molecule is C#CC(C)NC(=O)C1CCC(CN)CC1. The van der Waals surface area contributed by atoms with E-state index in [1.165, 1.54) is 0 Å². The van der Waals surface area contributed by atoms with E-state index < -0.39 is 0 Å². The first-order valence-corrected chi connectivity index (χ1v) is 5.64. The van der Waals surface area contributed by atoms with E-state index in [1.807, 2.05) is 6.92 Å². The van der Waals surface area contributed by atoms with Crippen molar-refractivity contribution in [3.63, 3.8) is 0 Å². The summed E-state index contributed by atoms with van der Waals surface area (Å²) in [4.78, 5) is 11.7. The number of rotatable bonds is 3. The Morgan fingerprint density at radius 2 is 2.13 bits per heavy atom. The highest BCUT2D eigenvalue weighted by molar-refractivity contribution is 5.79. The Bertz CT molecular complexity index is 249. The molecule has 3 N–H and O–H groups in total. The van der Waals surface area contributed by atoms with Gasteiger partial charge in [-0.15, -0.1) is 6.42 Å². The van der Waals surface area contributed by atoms with Crippen molar-refractivity contribution in [1.82, 2.24) is 5.32 Å². The first-order valence-electron chi connectivity index (χ1n) is 5.64. The zero-order valence-corrected chi connectivity index (χ0v) is 9.33. The third kappa shape index (κ3) is 3.56. The van der Waals surface area contributed by atoms with E-state index in [4.69, 9.17) is 12.2 Å². The predicted octanol–water partition coefficient (Wildman–Crippen LogP) is 0.889. The highest BCUT2D eigenvalue weighted by Crippen LogP contribution is 2.28. The average Bonchev–Trinajstić information content (AvgIpc) is 2.29. The first kappa shape index (κ1) is 12.1. The van der Waals surface area contributed by atoms with Crippen molar-refractivity contribution in [2.24, 2.45) is 17.6 Å². The molecule has 1 amide bonds. The summed E-state index contributed by atoms with van der Waals surface area (Å²) >= 11 is 0. The van der Waals surface area contributed by atoms with Crippen LogP contribution in [-0.4, -0.2) is 18.5 Å². The van der Waals surface area contributed by atoms with Crippen molar-refractivity contribution < 1.29 is 4.79 Å². The lowest BCUT2D eigenvalue weighted by Gasteiger charge is -2.27. The lowest BCUT2D eigenvalue weighted by molar-refractivity contribution is -0.126. The van der Waals surface area contributed by atoms with Crippen LogP contribution < -0.4 is 11.1 Å². The molecule has 84 valence electrons. The Labute approximate surface area is 91.8 Å². The minimum Gasteiger partial charge on any atom is -0.343 e. The molecular formula is C12H20N2O. The number of carbonyl (C=O) groups excluding carboxylic acids is 1. The number of terminal acetylenes is 1. The summed E-state index contributed by atoms with van der Waals surface area (Å²) in [5.41, 5.74) is 5.60. The molecule has 0 radical (unpaired) electrons. The zero-order valence-electron chi connectivity index (χ0n) is 9.33. The molecule has 1 fully saturated rings. The van der Waals surface area contributed by atoms with Gasteiger partial charge in [-0.25, -0.2) is 0 Å². The van der Waals surface area contributed by atoms with E-state index in [0.717, 1.165) is 32.2 Å². The molecule has 1 aliphatic carbocycles. The van der Waals surface area contributed by atoms with Crippen LogP contribution in [0, 0.1) is 24.2 Å². The van der Waals surface area contributed by atoms with Crippen LogP contribution in [0.4, 0.5) is 0 Å². The maximum atomic E-state index is 11.7. The Hall–Kier alpha value is -1.01. The van der Waals surface area contributed by atoms with E-state index >= 15 is 0 Å². The fourth-order valence-corrected chi connectivity index (χ4v) is 2.03. The molecule has 1 atom stereocenters. The van der Waals surface area contributed by atoms with E-state index in [0.29, 0.717) is 5.92 Å². The molecule has 1 unspecified atom stereocenters. The predicted molar refractivity (Wildman–Crippen MR) is 60.9 cm³/mol. The molecule has 0 spiro atoms. The number of hydrogen-bond donors (Lipinski definition) is 2. The molecule has 1 rings (SSSR count). The minimum absolute atomic E-state index is 0.107. The molecule has 1 aliphatic rings. The number of nitrogens with one attached hydrogen (secondary N) is 1. The smallest absolute Gasteiger partial charge is 0.224 e. The van der Waals surface area contributed by atoms with Crippen LogP contribution in [-0.2, 0) is 4.79 Å². The van der Waals surface area contributed by atoms with Gasteiger partial charge in [-0.1, -0.05) is 5.92 Å². The van der Waals surface area contributed by atoms with Crippen molar-refractivity contribution in [3.05, 3.63) is 0 Å². The molecule has 0 aromatic heterocycles. The minimum atomic E-state index is -0.162. The van der Waals surface area contributed by atoms with Gasteiger partial charge in [0.1, 0.15) is 0 Å². The van der Waals surface area contributed by atoms with E-state index in [-0.39, 0.29) is 17.9 Å². The highest BCUT2D eigenvalue weighted by Gasteiger charge is 2.25. The highest BCUT2D eigenvalue weighted by atomic mass is 16.1. The summed E-state index contributed by atoms with van der Waals surface area (Å²) in [5.74, 6) is 3.36. The molecule has 0 aromatic rings. The molecule has 0 heterocycles. The van der Waals surface area contributed by atoms with Crippen LogP contribution >= 0.6 is 0 Å². The summed E-state index contributed by atoms with van der Waals surface area (Å²) in [7, 11) is 0. The van der Waals surface area contributed by atoms with Gasteiger partial charge in [-0.05, 0) is 45.1 Å². The summed E-state index contributed by atoms with van der Waals surface area (Å²) in [6, 6.07) is -0.162. The molecule has 1 saturated carbocycles. The molecule has 3 heteroatoms. The number of carbonyl (C=O) groups is 1. The first-order chi connectivity index (χ1) is 7.17. The van der Waals surface area contributed by atoms with E-state index in [2.05, 4.69) is 11.2 Å². The Morgan fingerprint density at radius 1 is 1.53 bits per heavy atom. The quantitative estimate of drug-likeness (QED) is 0.677. The Kier molecular flexibility index (Phi) is 4.64. The van der Waals surface area contributed by atoms with Gasteiger partial charge >= 0.3 is 0 Å². The number of nitrogens with two attached hydrogens (primary N) is 1. The molecule has 0 aliphatic heterocycles. The second-order valence-corrected chi connectivity index (χ2v) is 4.35. The van der Waals surface area contributed by atoms with Crippen molar-refractivity contribution in [1.29, 1.82) is 0 Å². The molecule has 15 heavy (non-hydrogen) atoms. The topological polar surface area (TPSA) is 55.1 Å². The van der Waals surface area contributed by atoms with Gasteiger partial charge in [0.25, 0.3) is 0 Å². The summed E-state index contributed by atoms with van der Waals surface area (Å²) in [6.07, 6.45) is 9.25. The lowest BCUT2D eigenvalue weighted by atomic mass is 9.81. The second kappa shape index (κ2) is 5.77. The summed E-state index contributed by atoms with van der Waals surface area (Å²) < 4.78 is 0. The zero-order chi connectivity index (χ0) is 11.3. The fourth-order valence-electron chi connectivity index (χ4n) is 2.03. The summed E-state index contributed by atoms with van der Waals surface area (Å²) in [5, 5.41) is 2.83. The maximum Gasteiger partial charge on any atom is 0.224 e. The van der Waals surface area contributed by atoms with Gasteiger partial charge in [0, 0.05) is 5.92 Å². The van der Waals surface area contributed by atoms with Gasteiger partial charge < -0.3 is 11.1 Å². The van der Waals surface area contributed by atoms with Crippen molar-refractivity contribution in [3.8, 4) is 12.3 Å².